The van der Waals surface area contributed by atoms with E-state index in [1.54, 1.807) is 48.5 Å². The number of carbonyl (C=O) groups excluding carboxylic acids is 2. The SMILES string of the molecule is N#Cc1ccc(CC(NC(=O)[C@@H](CC2CCCCC2)NCC(=O)O)C(=O)NCc2ccc(C(=N)N)cc2)cc1. The van der Waals surface area contributed by atoms with Crippen LogP contribution >= 0.6 is 0 Å². The van der Waals surface area contributed by atoms with Crippen LogP contribution < -0.4 is 21.7 Å². The van der Waals surface area contributed by atoms with Gasteiger partial charge in [0.05, 0.1) is 24.2 Å². The van der Waals surface area contributed by atoms with Crippen molar-refractivity contribution in [3.8, 4) is 6.07 Å². The Hall–Kier alpha value is -4.23. The smallest absolute Gasteiger partial charge is 0.317 e. The molecule has 206 valence electrons. The van der Waals surface area contributed by atoms with Gasteiger partial charge in [-0.3, -0.25) is 25.1 Å². The molecule has 39 heavy (non-hydrogen) atoms. The normalized spacial score (nSPS) is 14.9. The first kappa shape index (κ1) is 29.3. The summed E-state index contributed by atoms with van der Waals surface area (Å²) >= 11 is 0. The summed E-state index contributed by atoms with van der Waals surface area (Å²) < 4.78 is 0. The van der Waals surface area contributed by atoms with Gasteiger partial charge in [-0.2, -0.15) is 5.26 Å². The minimum atomic E-state index is -1.06. The Bertz CT molecular complexity index is 1180. The summed E-state index contributed by atoms with van der Waals surface area (Å²) in [5.74, 6) is -1.59. The van der Waals surface area contributed by atoms with Crippen LogP contribution in [0.3, 0.4) is 0 Å². The third kappa shape index (κ3) is 9.54. The van der Waals surface area contributed by atoms with Crippen molar-refractivity contribution in [2.24, 2.45) is 11.7 Å². The number of rotatable bonds is 13. The molecule has 0 aliphatic heterocycles. The van der Waals surface area contributed by atoms with Gasteiger partial charge >= 0.3 is 5.97 Å². The summed E-state index contributed by atoms with van der Waals surface area (Å²) in [6, 6.07) is 14.1. The quantitative estimate of drug-likeness (QED) is 0.169. The number of carboxylic acids is 1. The zero-order valence-electron chi connectivity index (χ0n) is 21.9. The van der Waals surface area contributed by atoms with Gasteiger partial charge in [-0.15, -0.1) is 0 Å². The number of carboxylic acid groups (broad SMARTS) is 1. The molecule has 1 aliphatic carbocycles. The summed E-state index contributed by atoms with van der Waals surface area (Å²) in [4.78, 5) is 37.9. The number of amidine groups is 1. The van der Waals surface area contributed by atoms with Gasteiger partial charge in [-0.1, -0.05) is 68.5 Å². The Morgan fingerprint density at radius 2 is 1.62 bits per heavy atom. The van der Waals surface area contributed by atoms with Crippen LogP contribution in [0.5, 0.6) is 0 Å². The highest BCUT2D eigenvalue weighted by Gasteiger charge is 2.29. The maximum atomic E-state index is 13.4. The molecule has 2 aromatic carbocycles. The van der Waals surface area contributed by atoms with Gasteiger partial charge < -0.3 is 21.5 Å². The predicted molar refractivity (Wildman–Crippen MR) is 147 cm³/mol. The van der Waals surface area contributed by atoms with Crippen molar-refractivity contribution in [3.63, 3.8) is 0 Å². The first-order valence-electron chi connectivity index (χ1n) is 13.2. The first-order valence-corrected chi connectivity index (χ1v) is 13.2. The van der Waals surface area contributed by atoms with E-state index in [9.17, 15) is 19.5 Å². The van der Waals surface area contributed by atoms with Gasteiger partial charge in [0.2, 0.25) is 11.8 Å². The third-order valence-electron chi connectivity index (χ3n) is 7.00. The number of nitrogen functional groups attached to an aromatic ring is 1. The van der Waals surface area contributed by atoms with E-state index in [0.29, 0.717) is 23.5 Å². The molecular weight excluding hydrogens is 496 g/mol. The number of nitriles is 1. The summed E-state index contributed by atoms with van der Waals surface area (Å²) in [5, 5.41) is 34.4. The van der Waals surface area contributed by atoms with Crippen molar-refractivity contribution >= 4 is 23.6 Å². The molecule has 2 atom stereocenters. The first-order chi connectivity index (χ1) is 18.7. The highest BCUT2D eigenvalue weighted by molar-refractivity contribution is 5.95. The molecule has 0 spiro atoms. The van der Waals surface area contributed by atoms with Gasteiger partial charge in [0, 0.05) is 18.5 Å². The Labute approximate surface area is 228 Å². The Kier molecular flexibility index (Phi) is 11.0. The lowest BCUT2D eigenvalue weighted by Crippen LogP contribution is -2.54. The molecule has 0 radical (unpaired) electrons. The molecular formula is C29H36N6O4. The van der Waals surface area contributed by atoms with Gasteiger partial charge in [0.25, 0.3) is 0 Å². The molecule has 0 saturated heterocycles. The van der Waals surface area contributed by atoms with Crippen LogP contribution in [0, 0.1) is 22.7 Å². The summed E-state index contributed by atoms with van der Waals surface area (Å²) in [6.45, 7) is -0.146. The topological polar surface area (TPSA) is 181 Å². The van der Waals surface area contributed by atoms with E-state index in [1.807, 2.05) is 0 Å². The van der Waals surface area contributed by atoms with Crippen LogP contribution in [0.4, 0.5) is 0 Å². The fourth-order valence-corrected chi connectivity index (χ4v) is 4.80. The monoisotopic (exact) mass is 532 g/mol. The molecule has 10 heteroatoms. The van der Waals surface area contributed by atoms with Crippen molar-refractivity contribution in [2.45, 2.75) is 63.6 Å². The standard InChI is InChI=1S/C29H36N6O4/c30-16-21-8-6-20(7-9-21)15-25(28(38)34-17-22-10-12-23(13-11-22)27(31)32)35-29(39)24(33-18-26(36)37)14-19-4-2-1-3-5-19/h6-13,19,24-25,33H,1-5,14-15,17-18H2,(H3,31,32)(H,34,38)(H,35,39)(H,36,37)/t24-,25?/m1/s1. The van der Waals surface area contributed by atoms with Crippen molar-refractivity contribution in [1.29, 1.82) is 10.7 Å². The number of nitrogens with two attached hydrogens (primary N) is 1. The highest BCUT2D eigenvalue weighted by Crippen LogP contribution is 2.27. The lowest BCUT2D eigenvalue weighted by Gasteiger charge is -2.28. The number of hydrogen-bond donors (Lipinski definition) is 6. The van der Waals surface area contributed by atoms with E-state index in [4.69, 9.17) is 16.4 Å². The lowest BCUT2D eigenvalue weighted by molar-refractivity contribution is -0.136. The second-order valence-corrected chi connectivity index (χ2v) is 9.97. The van der Waals surface area contributed by atoms with Crippen LogP contribution in [-0.2, 0) is 27.3 Å². The fraction of sp³-hybridized carbons (Fsp3) is 0.414. The van der Waals surface area contributed by atoms with Crippen LogP contribution in [0.1, 0.15) is 60.8 Å². The molecule has 2 aromatic rings. The van der Waals surface area contributed by atoms with Crippen molar-refractivity contribution in [3.05, 3.63) is 70.8 Å². The zero-order chi connectivity index (χ0) is 28.2. The molecule has 1 unspecified atom stereocenters. The van der Waals surface area contributed by atoms with Crippen LogP contribution in [0.15, 0.2) is 48.5 Å². The largest absolute Gasteiger partial charge is 0.480 e. The number of amides is 2. The molecule has 0 heterocycles. The molecule has 1 aliphatic rings. The van der Waals surface area contributed by atoms with Gasteiger partial charge in [0.15, 0.2) is 0 Å². The van der Waals surface area contributed by atoms with Gasteiger partial charge in [-0.25, -0.2) is 0 Å². The third-order valence-corrected chi connectivity index (χ3v) is 7.00. The molecule has 10 nitrogen and oxygen atoms in total. The molecule has 0 aromatic heterocycles. The van der Waals surface area contributed by atoms with E-state index >= 15 is 0 Å². The number of aliphatic carboxylic acids is 1. The molecule has 7 N–H and O–H groups in total. The van der Waals surface area contributed by atoms with Crippen LogP contribution in [0.2, 0.25) is 0 Å². The molecule has 3 rings (SSSR count). The summed E-state index contributed by atoms with van der Waals surface area (Å²) in [5.41, 5.74) is 8.14. The fourth-order valence-electron chi connectivity index (χ4n) is 4.80. The minimum Gasteiger partial charge on any atom is -0.480 e. The number of nitrogens with zero attached hydrogens (tertiary/aromatic N) is 1. The zero-order valence-corrected chi connectivity index (χ0v) is 21.9. The Morgan fingerprint density at radius 3 is 2.21 bits per heavy atom. The second-order valence-electron chi connectivity index (χ2n) is 9.97. The average Bonchev–Trinajstić information content (AvgIpc) is 2.94. The lowest BCUT2D eigenvalue weighted by atomic mass is 9.84. The van der Waals surface area contributed by atoms with E-state index in [-0.39, 0.29) is 25.3 Å². The molecule has 1 saturated carbocycles. The highest BCUT2D eigenvalue weighted by atomic mass is 16.4. The maximum Gasteiger partial charge on any atom is 0.317 e. The summed E-state index contributed by atoms with van der Waals surface area (Å²) in [7, 11) is 0. The van der Waals surface area contributed by atoms with E-state index in [1.165, 1.54) is 6.42 Å². The minimum absolute atomic E-state index is 0.0462. The maximum absolute atomic E-state index is 13.4. The average molecular weight is 533 g/mol. The van der Waals surface area contributed by atoms with Crippen molar-refractivity contribution in [2.75, 3.05) is 6.54 Å². The summed E-state index contributed by atoms with van der Waals surface area (Å²) in [6.07, 6.45) is 6.05. The number of nitrogens with one attached hydrogen (secondary N) is 4. The van der Waals surface area contributed by atoms with Crippen molar-refractivity contribution in [1.82, 2.24) is 16.0 Å². The van der Waals surface area contributed by atoms with Crippen LogP contribution in [-0.4, -0.2) is 47.4 Å². The molecule has 0 bridgehead atoms. The second kappa shape index (κ2) is 14.6. The number of carbonyl (C=O) groups is 3. The van der Waals surface area contributed by atoms with Crippen molar-refractivity contribution < 1.29 is 19.5 Å². The van der Waals surface area contributed by atoms with Gasteiger partial charge in [-0.05, 0) is 35.6 Å². The number of hydrogen-bond acceptors (Lipinski definition) is 6. The van der Waals surface area contributed by atoms with Crippen LogP contribution in [0.25, 0.3) is 0 Å². The van der Waals surface area contributed by atoms with E-state index < -0.39 is 29.9 Å². The van der Waals surface area contributed by atoms with Gasteiger partial charge in [0.1, 0.15) is 11.9 Å². The predicted octanol–water partition coefficient (Wildman–Crippen LogP) is 2.20. The van der Waals surface area contributed by atoms with E-state index in [2.05, 4.69) is 22.0 Å². The van der Waals surface area contributed by atoms with E-state index in [0.717, 1.165) is 36.8 Å². The Morgan fingerprint density at radius 1 is 0.974 bits per heavy atom. The Balaban J connectivity index is 1.73. The number of benzene rings is 2. The molecule has 2 amide bonds. The molecule has 1 fully saturated rings.